The zero-order valence-corrected chi connectivity index (χ0v) is 27.9. The van der Waals surface area contributed by atoms with E-state index in [4.69, 9.17) is 56.8 Å². The summed E-state index contributed by atoms with van der Waals surface area (Å²) >= 11 is 0. The van der Waals surface area contributed by atoms with Gasteiger partial charge in [0.2, 0.25) is 0 Å². The van der Waals surface area contributed by atoms with Crippen molar-refractivity contribution < 1.29 is 71.2 Å². The molecule has 0 aromatic heterocycles. The van der Waals surface area contributed by atoms with Gasteiger partial charge in [-0.2, -0.15) is 0 Å². The summed E-state index contributed by atoms with van der Waals surface area (Å²) in [7, 11) is 1.35. The number of carbonyl (C=O) groups excluding carboxylic acids is 2. The first-order valence-electron chi connectivity index (χ1n) is 15.5. The van der Waals surface area contributed by atoms with Crippen LogP contribution in [0.3, 0.4) is 0 Å². The highest BCUT2D eigenvalue weighted by Gasteiger charge is 2.15. The van der Waals surface area contributed by atoms with E-state index >= 15 is 0 Å². The lowest BCUT2D eigenvalue weighted by Gasteiger charge is -2.19. The molecule has 15 heteroatoms. The maximum atomic E-state index is 11.5. The molecule has 0 aliphatic heterocycles. The summed E-state index contributed by atoms with van der Waals surface area (Å²) in [6.07, 6.45) is 0.241. The van der Waals surface area contributed by atoms with Gasteiger partial charge in [0.15, 0.2) is 0 Å². The highest BCUT2D eigenvalue weighted by atomic mass is 16.6. The maximum absolute atomic E-state index is 11.5. The quantitative estimate of drug-likeness (QED) is 0.0704. The molecule has 0 aliphatic carbocycles. The van der Waals surface area contributed by atoms with E-state index in [9.17, 15) is 9.59 Å². The Bertz CT molecular complexity index is 645. The molecule has 0 saturated carbocycles. The average molecular weight is 659 g/mol. The van der Waals surface area contributed by atoms with Crippen LogP contribution in [0.5, 0.6) is 0 Å². The van der Waals surface area contributed by atoms with E-state index in [0.29, 0.717) is 139 Å². The Kier molecular flexibility index (Phi) is 32.7. The van der Waals surface area contributed by atoms with Crippen molar-refractivity contribution in [3.63, 3.8) is 0 Å². The van der Waals surface area contributed by atoms with Gasteiger partial charge in [0.1, 0.15) is 12.2 Å². The molecule has 45 heavy (non-hydrogen) atoms. The molecule has 0 amide bonds. The molecule has 0 bridgehead atoms. The van der Waals surface area contributed by atoms with Crippen LogP contribution in [0.1, 0.15) is 27.2 Å². The zero-order valence-electron chi connectivity index (χ0n) is 27.9. The SMILES string of the molecule is COC(=O)CCOCCOCCOCCOCCOCCOCCOCCOCCOCCOCCOCC(=O)OC(C)(C)C. The van der Waals surface area contributed by atoms with Gasteiger partial charge in [-0.1, -0.05) is 0 Å². The molecule has 0 atom stereocenters. The molecular weight excluding hydrogens is 600 g/mol. The van der Waals surface area contributed by atoms with E-state index in [2.05, 4.69) is 4.74 Å². The predicted molar refractivity (Wildman–Crippen MR) is 161 cm³/mol. The van der Waals surface area contributed by atoms with E-state index in [0.717, 1.165) is 0 Å². The number of esters is 2. The smallest absolute Gasteiger partial charge is 0.332 e. The van der Waals surface area contributed by atoms with Crippen molar-refractivity contribution in [2.75, 3.05) is 152 Å². The van der Waals surface area contributed by atoms with Gasteiger partial charge in [-0.3, -0.25) is 4.79 Å². The summed E-state index contributed by atoms with van der Waals surface area (Å²) < 4.78 is 69.0. The van der Waals surface area contributed by atoms with Gasteiger partial charge < -0.3 is 61.6 Å². The monoisotopic (exact) mass is 658 g/mol. The molecule has 0 saturated heterocycles. The minimum absolute atomic E-state index is 0.0866. The molecule has 0 spiro atoms. The van der Waals surface area contributed by atoms with Crippen LogP contribution in [0.4, 0.5) is 0 Å². The van der Waals surface area contributed by atoms with Crippen LogP contribution < -0.4 is 0 Å². The first-order chi connectivity index (χ1) is 21.8. The highest BCUT2D eigenvalue weighted by molar-refractivity contribution is 5.71. The second kappa shape index (κ2) is 33.9. The van der Waals surface area contributed by atoms with Crippen molar-refractivity contribution in [1.82, 2.24) is 0 Å². The Hall–Kier alpha value is -1.50. The topological polar surface area (TPSA) is 154 Å². The Morgan fingerprint density at radius 3 is 0.867 bits per heavy atom. The maximum Gasteiger partial charge on any atom is 0.332 e. The highest BCUT2D eigenvalue weighted by Crippen LogP contribution is 2.06. The van der Waals surface area contributed by atoms with E-state index < -0.39 is 11.6 Å². The zero-order chi connectivity index (χ0) is 33.1. The Morgan fingerprint density at radius 1 is 0.378 bits per heavy atom. The summed E-state index contributed by atoms with van der Waals surface area (Å²) in [5, 5.41) is 0. The Morgan fingerprint density at radius 2 is 0.622 bits per heavy atom. The molecular formula is C30H58O15. The van der Waals surface area contributed by atoms with Crippen LogP contribution in [-0.4, -0.2) is 170 Å². The van der Waals surface area contributed by atoms with Gasteiger partial charge in [-0.05, 0) is 20.8 Å². The minimum Gasteiger partial charge on any atom is -0.469 e. The summed E-state index contributed by atoms with van der Waals surface area (Å²) in [6, 6.07) is 0. The lowest BCUT2D eigenvalue weighted by molar-refractivity contribution is -0.160. The molecule has 0 heterocycles. The van der Waals surface area contributed by atoms with Gasteiger partial charge in [-0.15, -0.1) is 0 Å². The third-order valence-corrected chi connectivity index (χ3v) is 5.04. The van der Waals surface area contributed by atoms with E-state index in [1.807, 2.05) is 20.8 Å². The van der Waals surface area contributed by atoms with Crippen molar-refractivity contribution in [2.24, 2.45) is 0 Å². The van der Waals surface area contributed by atoms with Crippen molar-refractivity contribution in [1.29, 1.82) is 0 Å². The summed E-state index contributed by atoms with van der Waals surface area (Å²) in [5.41, 5.74) is -0.514. The summed E-state index contributed by atoms with van der Waals surface area (Å²) in [5.74, 6) is -0.680. The second-order valence-corrected chi connectivity index (χ2v) is 10.1. The van der Waals surface area contributed by atoms with Gasteiger partial charge in [0.25, 0.3) is 0 Å². The van der Waals surface area contributed by atoms with Crippen molar-refractivity contribution in [3.8, 4) is 0 Å². The molecule has 268 valence electrons. The lowest BCUT2D eigenvalue weighted by atomic mass is 10.2. The normalized spacial score (nSPS) is 11.6. The van der Waals surface area contributed by atoms with Gasteiger partial charge in [-0.25, -0.2) is 4.79 Å². The van der Waals surface area contributed by atoms with Gasteiger partial charge >= 0.3 is 11.9 Å². The fourth-order valence-corrected chi connectivity index (χ4v) is 2.98. The standard InChI is InChI=1S/C30H58O15/c1-30(2,3)45-29(32)27-44-26-25-43-24-23-42-22-21-41-20-19-40-18-17-39-16-15-38-14-13-37-12-11-36-10-9-35-8-7-34-6-5-28(31)33-4/h5-27H2,1-4H3. The Labute approximate surface area is 268 Å². The Balaban J connectivity index is 3.11. The fourth-order valence-electron chi connectivity index (χ4n) is 2.98. The van der Waals surface area contributed by atoms with E-state index in [1.165, 1.54) is 7.11 Å². The van der Waals surface area contributed by atoms with Gasteiger partial charge in [0.05, 0.1) is 152 Å². The second-order valence-electron chi connectivity index (χ2n) is 10.1. The van der Waals surface area contributed by atoms with Crippen LogP contribution in [0.25, 0.3) is 0 Å². The predicted octanol–water partition coefficient (Wildman–Crippen LogP) is 1.07. The molecule has 0 aliphatic rings. The molecule has 0 fully saturated rings. The first-order valence-corrected chi connectivity index (χ1v) is 15.5. The third kappa shape index (κ3) is 38.6. The van der Waals surface area contributed by atoms with Crippen LogP contribution in [0, 0.1) is 0 Å². The molecule has 0 aromatic carbocycles. The third-order valence-electron chi connectivity index (χ3n) is 5.04. The molecule has 0 aromatic rings. The van der Waals surface area contributed by atoms with Gasteiger partial charge in [0, 0.05) is 0 Å². The summed E-state index contributed by atoms with van der Waals surface area (Å²) in [4.78, 5) is 22.4. The number of methoxy groups -OCH3 is 1. The van der Waals surface area contributed by atoms with Crippen LogP contribution in [-0.2, 0) is 71.2 Å². The van der Waals surface area contributed by atoms with Crippen LogP contribution >= 0.6 is 0 Å². The van der Waals surface area contributed by atoms with Crippen molar-refractivity contribution in [2.45, 2.75) is 32.8 Å². The number of hydrogen-bond acceptors (Lipinski definition) is 15. The number of hydrogen-bond donors (Lipinski definition) is 0. The average Bonchev–Trinajstić information content (AvgIpc) is 3.00. The minimum atomic E-state index is -0.514. The molecule has 0 N–H and O–H groups in total. The van der Waals surface area contributed by atoms with Crippen molar-refractivity contribution in [3.05, 3.63) is 0 Å². The van der Waals surface area contributed by atoms with E-state index in [-0.39, 0.29) is 19.0 Å². The molecule has 0 radical (unpaired) electrons. The lowest BCUT2D eigenvalue weighted by Crippen LogP contribution is -2.27. The molecule has 0 rings (SSSR count). The summed E-state index contributed by atoms with van der Waals surface area (Å²) in [6.45, 7) is 14.8. The van der Waals surface area contributed by atoms with Crippen molar-refractivity contribution >= 4 is 11.9 Å². The first kappa shape index (κ1) is 43.5. The number of carbonyl (C=O) groups is 2. The van der Waals surface area contributed by atoms with Crippen LogP contribution in [0.15, 0.2) is 0 Å². The van der Waals surface area contributed by atoms with E-state index in [1.54, 1.807) is 0 Å². The van der Waals surface area contributed by atoms with Crippen LogP contribution in [0.2, 0.25) is 0 Å². The number of rotatable bonds is 35. The fraction of sp³-hybridized carbons (Fsp3) is 0.933. The number of ether oxygens (including phenoxy) is 13. The largest absolute Gasteiger partial charge is 0.469 e. The molecule has 15 nitrogen and oxygen atoms in total. The molecule has 0 unspecified atom stereocenters.